The second-order valence-corrected chi connectivity index (χ2v) is 6.34. The molecule has 1 aromatic carbocycles. The molecule has 23 heavy (non-hydrogen) atoms. The van der Waals surface area contributed by atoms with Crippen LogP contribution in [0.25, 0.3) is 5.69 Å². The normalized spacial score (nSPS) is 11.8. The highest BCUT2D eigenvalue weighted by Gasteiger charge is 2.21. The minimum absolute atomic E-state index is 0.384. The summed E-state index contributed by atoms with van der Waals surface area (Å²) in [6, 6.07) is 7.42. The Morgan fingerprint density at radius 1 is 1.26 bits per heavy atom. The first-order valence-electron chi connectivity index (χ1n) is 7.10. The molecule has 1 heterocycles. The Balaban J connectivity index is 2.22. The van der Waals surface area contributed by atoms with E-state index in [1.165, 1.54) is 18.8 Å². The van der Waals surface area contributed by atoms with Gasteiger partial charge in [-0.25, -0.2) is 4.79 Å². The second kappa shape index (κ2) is 7.28. The molecule has 8 heteroatoms. The molecule has 0 saturated heterocycles. The van der Waals surface area contributed by atoms with Crippen LogP contribution in [-0.2, 0) is 4.79 Å². The SMILES string of the molecule is CNC(=O)NC(=O)C(C)Sc1nnc(C)n1-c1cccc(C)c1. The molecule has 2 rings (SSSR count). The fourth-order valence-corrected chi connectivity index (χ4v) is 2.88. The fraction of sp³-hybridized carbons (Fsp3) is 0.333. The van der Waals surface area contributed by atoms with E-state index in [-0.39, 0.29) is 5.91 Å². The van der Waals surface area contributed by atoms with Crippen LogP contribution in [0.4, 0.5) is 4.79 Å². The molecule has 0 bridgehead atoms. The fourth-order valence-electron chi connectivity index (χ4n) is 1.97. The Morgan fingerprint density at radius 2 is 2.00 bits per heavy atom. The number of thioether (sulfide) groups is 1. The zero-order chi connectivity index (χ0) is 17.0. The summed E-state index contributed by atoms with van der Waals surface area (Å²) in [6.45, 7) is 5.58. The van der Waals surface area contributed by atoms with Crippen molar-refractivity contribution in [2.24, 2.45) is 0 Å². The zero-order valence-electron chi connectivity index (χ0n) is 13.5. The summed E-state index contributed by atoms with van der Waals surface area (Å²) >= 11 is 1.25. The number of carbonyl (C=O) groups excluding carboxylic acids is 2. The molecule has 3 amide bonds. The van der Waals surface area contributed by atoms with Gasteiger partial charge in [0, 0.05) is 12.7 Å². The van der Waals surface area contributed by atoms with E-state index in [4.69, 9.17) is 0 Å². The van der Waals surface area contributed by atoms with Crippen molar-refractivity contribution in [1.82, 2.24) is 25.4 Å². The molecule has 2 aromatic rings. The maximum absolute atomic E-state index is 12.0. The lowest BCUT2D eigenvalue weighted by molar-refractivity contribution is -0.119. The summed E-state index contributed by atoms with van der Waals surface area (Å²) in [5.41, 5.74) is 2.06. The molecule has 122 valence electrons. The minimum atomic E-state index is -0.529. The van der Waals surface area contributed by atoms with Crippen LogP contribution >= 0.6 is 11.8 Å². The van der Waals surface area contributed by atoms with Crippen molar-refractivity contribution in [2.75, 3.05) is 7.05 Å². The predicted octanol–water partition coefficient (Wildman–Crippen LogP) is 1.82. The number of hydrogen-bond donors (Lipinski definition) is 2. The van der Waals surface area contributed by atoms with Crippen molar-refractivity contribution in [3.63, 3.8) is 0 Å². The quantitative estimate of drug-likeness (QED) is 0.833. The van der Waals surface area contributed by atoms with Gasteiger partial charge in [0.15, 0.2) is 5.16 Å². The molecule has 0 aliphatic heterocycles. The Bertz CT molecular complexity index is 728. The number of nitrogens with zero attached hydrogens (tertiary/aromatic N) is 3. The van der Waals surface area contributed by atoms with Gasteiger partial charge in [-0.2, -0.15) is 0 Å². The van der Waals surface area contributed by atoms with Crippen molar-refractivity contribution in [2.45, 2.75) is 31.2 Å². The van der Waals surface area contributed by atoms with E-state index in [1.807, 2.05) is 42.7 Å². The lowest BCUT2D eigenvalue weighted by Gasteiger charge is -2.12. The summed E-state index contributed by atoms with van der Waals surface area (Å²) in [4.78, 5) is 23.2. The summed E-state index contributed by atoms with van der Waals surface area (Å²) in [5, 5.41) is 13.0. The van der Waals surface area contributed by atoms with Crippen molar-refractivity contribution < 1.29 is 9.59 Å². The molecule has 0 fully saturated rings. The molecule has 1 atom stereocenters. The number of amides is 3. The summed E-state index contributed by atoms with van der Waals surface area (Å²) in [7, 11) is 1.46. The number of aromatic nitrogens is 3. The van der Waals surface area contributed by atoms with E-state index < -0.39 is 11.3 Å². The third kappa shape index (κ3) is 4.10. The Hall–Kier alpha value is -2.35. The Labute approximate surface area is 138 Å². The van der Waals surface area contributed by atoms with Gasteiger partial charge in [0.1, 0.15) is 5.82 Å². The van der Waals surface area contributed by atoms with Crippen molar-refractivity contribution in [3.8, 4) is 5.69 Å². The van der Waals surface area contributed by atoms with Crippen LogP contribution in [0.3, 0.4) is 0 Å². The van der Waals surface area contributed by atoms with Crippen LogP contribution in [0.2, 0.25) is 0 Å². The van der Waals surface area contributed by atoms with Gasteiger partial charge in [0.25, 0.3) is 0 Å². The molecule has 0 saturated carbocycles. The number of nitrogens with one attached hydrogen (secondary N) is 2. The van der Waals surface area contributed by atoms with E-state index in [0.717, 1.165) is 17.1 Å². The van der Waals surface area contributed by atoms with Gasteiger partial charge in [-0.15, -0.1) is 10.2 Å². The molecule has 0 spiro atoms. The first kappa shape index (κ1) is 17.0. The zero-order valence-corrected chi connectivity index (χ0v) is 14.3. The predicted molar refractivity (Wildman–Crippen MR) is 88.8 cm³/mol. The summed E-state index contributed by atoms with van der Waals surface area (Å²) < 4.78 is 1.89. The molecule has 7 nitrogen and oxygen atoms in total. The highest BCUT2D eigenvalue weighted by molar-refractivity contribution is 8.00. The summed E-state index contributed by atoms with van der Waals surface area (Å²) in [5.74, 6) is 0.350. The van der Waals surface area contributed by atoms with E-state index in [9.17, 15) is 9.59 Å². The van der Waals surface area contributed by atoms with Crippen molar-refractivity contribution in [1.29, 1.82) is 0 Å². The van der Waals surface area contributed by atoms with E-state index in [1.54, 1.807) is 6.92 Å². The smallest absolute Gasteiger partial charge is 0.321 e. The van der Waals surface area contributed by atoms with Gasteiger partial charge < -0.3 is 5.32 Å². The van der Waals surface area contributed by atoms with E-state index >= 15 is 0 Å². The van der Waals surface area contributed by atoms with Crippen LogP contribution in [0.1, 0.15) is 18.3 Å². The maximum atomic E-state index is 12.0. The molecule has 0 aliphatic carbocycles. The van der Waals surface area contributed by atoms with Crippen molar-refractivity contribution in [3.05, 3.63) is 35.7 Å². The maximum Gasteiger partial charge on any atom is 0.321 e. The van der Waals surface area contributed by atoms with Crippen LogP contribution < -0.4 is 10.6 Å². The Kier molecular flexibility index (Phi) is 5.38. The van der Waals surface area contributed by atoms with Gasteiger partial charge in [-0.3, -0.25) is 14.7 Å². The minimum Gasteiger partial charge on any atom is -0.341 e. The third-order valence-electron chi connectivity index (χ3n) is 3.17. The lowest BCUT2D eigenvalue weighted by Crippen LogP contribution is -2.41. The highest BCUT2D eigenvalue weighted by Crippen LogP contribution is 2.25. The van der Waals surface area contributed by atoms with Crippen LogP contribution in [0, 0.1) is 13.8 Å². The second-order valence-electron chi connectivity index (χ2n) is 5.03. The van der Waals surface area contributed by atoms with Crippen LogP contribution in [-0.4, -0.2) is 39.0 Å². The molecule has 1 unspecified atom stereocenters. The Morgan fingerprint density at radius 3 is 2.65 bits per heavy atom. The molecule has 1 aromatic heterocycles. The largest absolute Gasteiger partial charge is 0.341 e. The molecule has 2 N–H and O–H groups in total. The standard InChI is InChI=1S/C15H19N5O2S/c1-9-6-5-7-12(8-9)20-11(3)18-19-15(20)23-10(2)13(21)17-14(22)16-4/h5-8,10H,1-4H3,(H2,16,17,21,22). The van der Waals surface area contributed by atoms with Gasteiger partial charge >= 0.3 is 6.03 Å². The van der Waals surface area contributed by atoms with Gasteiger partial charge in [0.2, 0.25) is 5.91 Å². The number of rotatable bonds is 4. The van der Waals surface area contributed by atoms with Crippen molar-refractivity contribution >= 4 is 23.7 Å². The highest BCUT2D eigenvalue weighted by atomic mass is 32.2. The van der Waals surface area contributed by atoms with Gasteiger partial charge in [0.05, 0.1) is 5.25 Å². The number of carbonyl (C=O) groups is 2. The molecular formula is C15H19N5O2S. The van der Waals surface area contributed by atoms with E-state index in [2.05, 4.69) is 20.8 Å². The first-order valence-corrected chi connectivity index (χ1v) is 7.98. The van der Waals surface area contributed by atoms with Crippen LogP contribution in [0.15, 0.2) is 29.4 Å². The topological polar surface area (TPSA) is 88.9 Å². The number of urea groups is 1. The van der Waals surface area contributed by atoms with Crippen LogP contribution in [0.5, 0.6) is 0 Å². The molecular weight excluding hydrogens is 314 g/mol. The lowest BCUT2D eigenvalue weighted by atomic mass is 10.2. The molecule has 0 radical (unpaired) electrons. The van der Waals surface area contributed by atoms with Gasteiger partial charge in [-0.05, 0) is 38.5 Å². The monoisotopic (exact) mass is 333 g/mol. The summed E-state index contributed by atoms with van der Waals surface area (Å²) in [6.07, 6.45) is 0. The third-order valence-corrected chi connectivity index (χ3v) is 4.21. The first-order chi connectivity index (χ1) is 10.9. The van der Waals surface area contributed by atoms with E-state index in [0.29, 0.717) is 5.16 Å². The number of aryl methyl sites for hydroxylation is 2. The number of imide groups is 1. The molecule has 0 aliphatic rings. The number of benzene rings is 1. The number of hydrogen-bond acceptors (Lipinski definition) is 5. The average molecular weight is 333 g/mol. The van der Waals surface area contributed by atoms with Gasteiger partial charge in [-0.1, -0.05) is 23.9 Å². The average Bonchev–Trinajstić information content (AvgIpc) is 2.87.